The van der Waals surface area contributed by atoms with Crippen molar-refractivity contribution in [3.63, 3.8) is 0 Å². The molecule has 0 saturated carbocycles. The van der Waals surface area contributed by atoms with Crippen molar-refractivity contribution in [1.82, 2.24) is 14.5 Å². The highest BCUT2D eigenvalue weighted by atomic mass is 32.2. The zero-order valence-corrected chi connectivity index (χ0v) is 20.0. The van der Waals surface area contributed by atoms with Gasteiger partial charge in [-0.15, -0.1) is 0 Å². The fourth-order valence-electron chi connectivity index (χ4n) is 4.88. The lowest BCUT2D eigenvalue weighted by Crippen LogP contribution is -2.31. The Morgan fingerprint density at radius 1 is 1.03 bits per heavy atom. The van der Waals surface area contributed by atoms with Gasteiger partial charge in [0.2, 0.25) is 5.91 Å². The van der Waals surface area contributed by atoms with Crippen molar-refractivity contribution in [2.24, 2.45) is 0 Å². The predicted octanol–water partition coefficient (Wildman–Crippen LogP) is 5.16. The number of benzene rings is 2. The molecule has 0 N–H and O–H groups in total. The van der Waals surface area contributed by atoms with E-state index in [9.17, 15) is 27.2 Å². The van der Waals surface area contributed by atoms with Crippen LogP contribution in [-0.2, 0) is 36.1 Å². The molecule has 2 aromatic carbocycles. The summed E-state index contributed by atoms with van der Waals surface area (Å²) in [6, 6.07) is 10.5. The summed E-state index contributed by atoms with van der Waals surface area (Å²) < 4.78 is 54.5. The number of rotatable bonds is 6. The number of aromatic nitrogens is 2. The second-order valence-electron chi connectivity index (χ2n) is 9.03. The first-order valence-corrected chi connectivity index (χ1v) is 12.7. The van der Waals surface area contributed by atoms with E-state index in [1.807, 2.05) is 4.57 Å². The Balaban J connectivity index is 1.42. The molecule has 1 amide bonds. The van der Waals surface area contributed by atoms with Gasteiger partial charge in [-0.1, -0.05) is 36.0 Å². The Labute approximate surface area is 209 Å². The maximum Gasteiger partial charge on any atom is 0.416 e. The standard InChI is InChI=1S/C26H23F4N3O2S/c27-19-9-7-16(8-10-19)15-36-25-31-23(34)20-5-2-6-21(20)33(25)22-11-12-32(24(22)35)14-17-3-1-4-18(13-17)26(28,29)30/h1,3-4,7-10,13,22H,2,5-6,11-12,14-15H2. The highest BCUT2D eigenvalue weighted by Crippen LogP contribution is 2.35. The molecule has 5 nitrogen and oxygen atoms in total. The number of hydrogen-bond donors (Lipinski definition) is 0. The minimum atomic E-state index is -4.45. The molecule has 1 aromatic heterocycles. The highest BCUT2D eigenvalue weighted by Gasteiger charge is 2.37. The van der Waals surface area contributed by atoms with Crippen LogP contribution < -0.4 is 5.56 Å². The lowest BCUT2D eigenvalue weighted by Gasteiger charge is -2.23. The van der Waals surface area contributed by atoms with E-state index in [1.54, 1.807) is 23.1 Å². The Morgan fingerprint density at radius 3 is 2.56 bits per heavy atom. The number of alkyl halides is 3. The molecule has 36 heavy (non-hydrogen) atoms. The van der Waals surface area contributed by atoms with Gasteiger partial charge in [-0.05, 0) is 61.1 Å². The van der Waals surface area contributed by atoms with Crippen LogP contribution in [0.5, 0.6) is 0 Å². The largest absolute Gasteiger partial charge is 0.416 e. The van der Waals surface area contributed by atoms with Crippen molar-refractivity contribution in [1.29, 1.82) is 0 Å². The fraction of sp³-hybridized carbons (Fsp3) is 0.346. The summed E-state index contributed by atoms with van der Waals surface area (Å²) in [4.78, 5) is 32.0. The Hall–Kier alpha value is -3.14. The van der Waals surface area contributed by atoms with Gasteiger partial charge in [-0.3, -0.25) is 9.59 Å². The normalized spacial score (nSPS) is 17.6. The summed E-state index contributed by atoms with van der Waals surface area (Å²) in [7, 11) is 0. The lowest BCUT2D eigenvalue weighted by atomic mass is 10.1. The van der Waals surface area contributed by atoms with Crippen LogP contribution in [0.15, 0.2) is 58.5 Å². The van der Waals surface area contributed by atoms with Gasteiger partial charge in [0, 0.05) is 30.1 Å². The van der Waals surface area contributed by atoms with Crippen LogP contribution in [0.4, 0.5) is 17.6 Å². The molecule has 0 bridgehead atoms. The Morgan fingerprint density at radius 2 is 1.81 bits per heavy atom. The number of fused-ring (bicyclic) bond motifs is 1. The van der Waals surface area contributed by atoms with Crippen molar-refractivity contribution < 1.29 is 22.4 Å². The van der Waals surface area contributed by atoms with Gasteiger partial charge in [0.15, 0.2) is 5.16 Å². The highest BCUT2D eigenvalue weighted by molar-refractivity contribution is 7.98. The quantitative estimate of drug-likeness (QED) is 0.258. The number of halogens is 4. The Kier molecular flexibility index (Phi) is 6.63. The lowest BCUT2D eigenvalue weighted by molar-refractivity contribution is -0.137. The second kappa shape index (κ2) is 9.72. The molecular weight excluding hydrogens is 494 g/mol. The van der Waals surface area contributed by atoms with E-state index in [2.05, 4.69) is 4.98 Å². The van der Waals surface area contributed by atoms with Gasteiger partial charge in [-0.2, -0.15) is 18.2 Å². The van der Waals surface area contributed by atoms with Crippen molar-refractivity contribution in [3.8, 4) is 0 Å². The molecular formula is C26H23F4N3O2S. The van der Waals surface area contributed by atoms with Crippen molar-refractivity contribution >= 4 is 17.7 Å². The number of likely N-dealkylation sites (tertiary alicyclic amines) is 1. The zero-order valence-electron chi connectivity index (χ0n) is 19.2. The van der Waals surface area contributed by atoms with Crippen LogP contribution in [0.3, 0.4) is 0 Å². The maximum absolute atomic E-state index is 13.5. The van der Waals surface area contributed by atoms with E-state index in [4.69, 9.17) is 0 Å². The third kappa shape index (κ3) is 4.91. The van der Waals surface area contributed by atoms with E-state index in [1.165, 1.54) is 30.0 Å². The average Bonchev–Trinajstić information content (AvgIpc) is 3.47. The number of thioether (sulfide) groups is 1. The topological polar surface area (TPSA) is 55.2 Å². The van der Waals surface area contributed by atoms with Crippen molar-refractivity contribution in [2.45, 2.75) is 55.4 Å². The van der Waals surface area contributed by atoms with Gasteiger partial charge in [0.25, 0.3) is 5.56 Å². The molecule has 188 valence electrons. The van der Waals surface area contributed by atoms with E-state index in [0.29, 0.717) is 47.8 Å². The van der Waals surface area contributed by atoms with Crippen molar-refractivity contribution in [3.05, 3.63) is 92.6 Å². The number of nitrogens with zero attached hydrogens (tertiary/aromatic N) is 3. The molecule has 1 saturated heterocycles. The number of hydrogen-bond acceptors (Lipinski definition) is 4. The van der Waals surface area contributed by atoms with Gasteiger partial charge in [-0.25, -0.2) is 4.39 Å². The van der Waals surface area contributed by atoms with Gasteiger partial charge < -0.3 is 9.47 Å². The summed E-state index contributed by atoms with van der Waals surface area (Å²) in [6.45, 7) is 0.468. The molecule has 5 rings (SSSR count). The van der Waals surface area contributed by atoms with E-state index in [-0.39, 0.29) is 23.8 Å². The average molecular weight is 518 g/mol. The molecule has 10 heteroatoms. The Bertz CT molecular complexity index is 1350. The maximum atomic E-state index is 13.5. The predicted molar refractivity (Wildman–Crippen MR) is 127 cm³/mol. The molecule has 2 heterocycles. The van der Waals surface area contributed by atoms with Crippen LogP contribution in [0.1, 0.15) is 46.8 Å². The fourth-order valence-corrected chi connectivity index (χ4v) is 5.90. The van der Waals surface area contributed by atoms with E-state index in [0.717, 1.165) is 29.8 Å². The van der Waals surface area contributed by atoms with E-state index < -0.39 is 17.8 Å². The molecule has 1 aliphatic heterocycles. The first kappa shape index (κ1) is 24.5. The third-order valence-corrected chi connectivity index (χ3v) is 7.65. The summed E-state index contributed by atoms with van der Waals surface area (Å²) in [5, 5.41) is 0.434. The summed E-state index contributed by atoms with van der Waals surface area (Å²) >= 11 is 1.32. The van der Waals surface area contributed by atoms with Crippen LogP contribution >= 0.6 is 11.8 Å². The number of amides is 1. The second-order valence-corrected chi connectivity index (χ2v) is 9.97. The number of carbonyl (C=O) groups is 1. The molecule has 0 radical (unpaired) electrons. The molecule has 1 atom stereocenters. The monoisotopic (exact) mass is 517 g/mol. The van der Waals surface area contributed by atoms with Gasteiger partial charge >= 0.3 is 6.18 Å². The number of carbonyl (C=O) groups excluding carboxylic acids is 1. The third-order valence-electron chi connectivity index (χ3n) is 6.63. The minimum Gasteiger partial charge on any atom is -0.336 e. The zero-order chi connectivity index (χ0) is 25.4. The summed E-state index contributed by atoms with van der Waals surface area (Å²) in [6.07, 6.45) is -1.91. The van der Waals surface area contributed by atoms with Crippen LogP contribution in [-0.4, -0.2) is 26.9 Å². The van der Waals surface area contributed by atoms with Crippen LogP contribution in [0.25, 0.3) is 0 Å². The molecule has 3 aromatic rings. The van der Waals surface area contributed by atoms with E-state index >= 15 is 0 Å². The SMILES string of the molecule is O=C1C(n2c(SCc3ccc(F)cc3)nc(=O)c3c2CCC3)CCN1Cc1cccc(C(F)(F)F)c1. The molecule has 2 aliphatic rings. The summed E-state index contributed by atoms with van der Waals surface area (Å²) in [5.74, 6) is -0.0929. The van der Waals surface area contributed by atoms with Crippen LogP contribution in [0.2, 0.25) is 0 Å². The molecule has 1 unspecified atom stereocenters. The van der Waals surface area contributed by atoms with Gasteiger partial charge in [0.05, 0.1) is 5.56 Å². The molecule has 1 aliphatic carbocycles. The van der Waals surface area contributed by atoms with Crippen molar-refractivity contribution in [2.75, 3.05) is 6.54 Å². The minimum absolute atomic E-state index is 0.0765. The van der Waals surface area contributed by atoms with Crippen LogP contribution in [0, 0.1) is 5.82 Å². The van der Waals surface area contributed by atoms with Gasteiger partial charge in [0.1, 0.15) is 11.9 Å². The first-order valence-electron chi connectivity index (χ1n) is 11.7. The smallest absolute Gasteiger partial charge is 0.336 e. The molecule has 1 fully saturated rings. The molecule has 0 spiro atoms. The summed E-state index contributed by atoms with van der Waals surface area (Å²) in [5.41, 5.74) is 1.68. The first-order chi connectivity index (χ1) is 17.2.